The van der Waals surface area contributed by atoms with Crippen LogP contribution in [0.25, 0.3) is 11.4 Å². The lowest BCUT2D eigenvalue weighted by molar-refractivity contribution is -0.121. The molecule has 1 N–H and O–H groups in total. The number of ether oxygens (including phenoxy) is 1. The van der Waals surface area contributed by atoms with E-state index in [4.69, 9.17) is 9.26 Å². The van der Waals surface area contributed by atoms with Crippen molar-refractivity contribution in [1.82, 2.24) is 19.3 Å². The molecule has 37 heavy (non-hydrogen) atoms. The van der Waals surface area contributed by atoms with Crippen LogP contribution in [-0.2, 0) is 21.4 Å². The molecule has 1 amide bonds. The van der Waals surface area contributed by atoms with Crippen molar-refractivity contribution < 1.29 is 22.5 Å². The van der Waals surface area contributed by atoms with E-state index in [1.807, 2.05) is 38.1 Å². The van der Waals surface area contributed by atoms with Gasteiger partial charge in [0.15, 0.2) is 0 Å². The van der Waals surface area contributed by atoms with E-state index < -0.39 is 10.0 Å². The monoisotopic (exact) mass is 527 g/mol. The Balaban J connectivity index is 1.27. The molecule has 2 heterocycles. The predicted octanol–water partition coefficient (Wildman–Crippen LogP) is 3.63. The molecule has 1 aliphatic rings. The summed E-state index contributed by atoms with van der Waals surface area (Å²) in [4.78, 5) is 19.7. The van der Waals surface area contributed by atoms with Crippen LogP contribution in [0, 0.1) is 5.92 Å². The molecule has 0 bridgehead atoms. The molecule has 1 aromatic heterocycles. The third-order valence-corrected chi connectivity index (χ3v) is 8.66. The maximum atomic E-state index is 12.8. The third-order valence-electron chi connectivity index (χ3n) is 6.60. The van der Waals surface area contributed by atoms with E-state index in [0.717, 1.165) is 24.4 Å². The maximum Gasteiger partial charge on any atom is 0.243 e. The average molecular weight is 528 g/mol. The van der Waals surface area contributed by atoms with Gasteiger partial charge in [-0.15, -0.1) is 0 Å². The van der Waals surface area contributed by atoms with Crippen LogP contribution in [0.2, 0.25) is 0 Å². The molecule has 11 heteroatoms. The number of sulfonamides is 1. The molecule has 10 nitrogen and oxygen atoms in total. The second-order valence-electron chi connectivity index (χ2n) is 8.89. The zero-order valence-corrected chi connectivity index (χ0v) is 22.2. The van der Waals surface area contributed by atoms with Crippen LogP contribution in [0.3, 0.4) is 0 Å². The van der Waals surface area contributed by atoms with Crippen LogP contribution in [0.1, 0.15) is 32.6 Å². The van der Waals surface area contributed by atoms with Gasteiger partial charge in [-0.25, -0.2) is 8.42 Å². The Hall–Kier alpha value is -3.28. The summed E-state index contributed by atoms with van der Waals surface area (Å²) in [5, 5.41) is 7.01. The van der Waals surface area contributed by atoms with Crippen LogP contribution >= 0.6 is 0 Å². The molecule has 198 valence electrons. The molecule has 1 aliphatic heterocycles. The minimum Gasteiger partial charge on any atom is -0.497 e. The zero-order valence-electron chi connectivity index (χ0n) is 21.4. The minimum atomic E-state index is -3.52. The van der Waals surface area contributed by atoms with E-state index in [2.05, 4.69) is 20.4 Å². The number of hydrogen-bond acceptors (Lipinski definition) is 8. The Morgan fingerprint density at radius 2 is 1.73 bits per heavy atom. The number of carbonyl (C=O) groups excluding carboxylic acids is 1. The quantitative estimate of drug-likeness (QED) is 0.425. The summed E-state index contributed by atoms with van der Waals surface area (Å²) >= 11 is 0. The largest absolute Gasteiger partial charge is 0.497 e. The van der Waals surface area contributed by atoms with Crippen LogP contribution in [0.4, 0.5) is 5.69 Å². The van der Waals surface area contributed by atoms with Gasteiger partial charge >= 0.3 is 0 Å². The van der Waals surface area contributed by atoms with Crippen LogP contribution in [0.15, 0.2) is 57.9 Å². The van der Waals surface area contributed by atoms with E-state index in [-0.39, 0.29) is 16.7 Å². The van der Waals surface area contributed by atoms with Gasteiger partial charge in [0.2, 0.25) is 27.6 Å². The van der Waals surface area contributed by atoms with Gasteiger partial charge in [0, 0.05) is 30.3 Å². The summed E-state index contributed by atoms with van der Waals surface area (Å²) in [5.74, 6) is 1.65. The van der Waals surface area contributed by atoms with Gasteiger partial charge in [-0.3, -0.25) is 9.69 Å². The van der Waals surface area contributed by atoms with Crippen molar-refractivity contribution in [2.75, 3.05) is 38.6 Å². The van der Waals surface area contributed by atoms with Gasteiger partial charge in [0.1, 0.15) is 5.75 Å². The SMILES string of the molecule is CCN(CC)S(=O)(=O)c1ccc(NC(=O)C2CCN(Cc3nc(-c4ccc(OC)cc4)no3)CC2)cc1. The van der Waals surface area contributed by atoms with E-state index in [9.17, 15) is 13.2 Å². The van der Waals surface area contributed by atoms with Gasteiger partial charge in [-0.1, -0.05) is 19.0 Å². The highest BCUT2D eigenvalue weighted by atomic mass is 32.2. The number of nitrogens with zero attached hydrogens (tertiary/aromatic N) is 4. The molecule has 1 saturated heterocycles. The van der Waals surface area contributed by atoms with Gasteiger partial charge in [0.25, 0.3) is 0 Å². The Kier molecular flexibility index (Phi) is 8.57. The summed E-state index contributed by atoms with van der Waals surface area (Å²) in [6.07, 6.45) is 1.42. The summed E-state index contributed by atoms with van der Waals surface area (Å²) in [7, 11) is -1.90. The standard InChI is InChI=1S/C26H33N5O5S/c1-4-31(5-2)37(33,34)23-12-8-21(9-13-23)27-26(32)20-14-16-30(17-15-20)18-24-28-25(29-36-24)19-6-10-22(35-3)11-7-19/h6-13,20H,4-5,14-18H2,1-3H3,(H,27,32). The molecule has 2 aromatic carbocycles. The summed E-state index contributed by atoms with van der Waals surface area (Å²) in [5.41, 5.74) is 1.44. The van der Waals surface area contributed by atoms with Crippen LogP contribution in [-0.4, -0.2) is 67.0 Å². The third kappa shape index (κ3) is 6.35. The Morgan fingerprint density at radius 3 is 2.32 bits per heavy atom. The first-order valence-corrected chi connectivity index (χ1v) is 13.9. The molecule has 0 radical (unpaired) electrons. The molecule has 0 spiro atoms. The molecule has 1 fully saturated rings. The van der Waals surface area contributed by atoms with Gasteiger partial charge < -0.3 is 14.6 Å². The van der Waals surface area contributed by atoms with Crippen molar-refractivity contribution in [3.63, 3.8) is 0 Å². The first-order chi connectivity index (χ1) is 17.8. The van der Waals surface area contributed by atoms with Gasteiger partial charge in [-0.05, 0) is 74.5 Å². The number of methoxy groups -OCH3 is 1. The molecule has 0 unspecified atom stereocenters. The fourth-order valence-electron chi connectivity index (χ4n) is 4.39. The predicted molar refractivity (Wildman–Crippen MR) is 139 cm³/mol. The van der Waals surface area contributed by atoms with E-state index in [1.54, 1.807) is 19.2 Å². The highest BCUT2D eigenvalue weighted by Crippen LogP contribution is 2.24. The van der Waals surface area contributed by atoms with Crippen LogP contribution < -0.4 is 10.1 Å². The van der Waals surface area contributed by atoms with Crippen molar-refractivity contribution >= 4 is 21.6 Å². The number of amides is 1. The first kappa shape index (κ1) is 26.8. The smallest absolute Gasteiger partial charge is 0.243 e. The number of anilines is 1. The van der Waals surface area contributed by atoms with Crippen molar-refractivity contribution in [2.24, 2.45) is 5.92 Å². The summed E-state index contributed by atoms with van der Waals surface area (Å²) < 4.78 is 37.3. The molecular formula is C26H33N5O5S. The van der Waals surface area contributed by atoms with Crippen molar-refractivity contribution in [2.45, 2.75) is 38.1 Å². The summed E-state index contributed by atoms with van der Waals surface area (Å²) in [6.45, 7) is 6.43. The number of piperidine rings is 1. The second-order valence-corrected chi connectivity index (χ2v) is 10.8. The second kappa shape index (κ2) is 11.8. The number of carbonyl (C=O) groups is 1. The highest BCUT2D eigenvalue weighted by molar-refractivity contribution is 7.89. The number of benzene rings is 2. The molecule has 3 aromatic rings. The normalized spacial score (nSPS) is 15.1. The fraction of sp³-hybridized carbons (Fsp3) is 0.423. The minimum absolute atomic E-state index is 0.0569. The molecule has 0 saturated carbocycles. The van der Waals surface area contributed by atoms with Crippen molar-refractivity contribution in [1.29, 1.82) is 0 Å². The average Bonchev–Trinajstić information content (AvgIpc) is 3.38. The topological polar surface area (TPSA) is 118 Å². The van der Waals surface area contributed by atoms with Crippen molar-refractivity contribution in [3.8, 4) is 17.1 Å². The van der Waals surface area contributed by atoms with Crippen molar-refractivity contribution in [3.05, 3.63) is 54.4 Å². The maximum absolute atomic E-state index is 12.8. The molecule has 0 atom stereocenters. The molecule has 4 rings (SSSR count). The number of rotatable bonds is 10. The molecular weight excluding hydrogens is 494 g/mol. The Morgan fingerprint density at radius 1 is 1.08 bits per heavy atom. The number of aromatic nitrogens is 2. The lowest BCUT2D eigenvalue weighted by Gasteiger charge is -2.30. The van der Waals surface area contributed by atoms with Gasteiger partial charge in [-0.2, -0.15) is 9.29 Å². The number of nitrogens with one attached hydrogen (secondary N) is 1. The van der Waals surface area contributed by atoms with E-state index in [1.165, 1.54) is 16.4 Å². The summed E-state index contributed by atoms with van der Waals surface area (Å²) in [6, 6.07) is 13.8. The Bertz CT molecular complexity index is 1280. The number of hydrogen-bond donors (Lipinski definition) is 1. The van der Waals surface area contributed by atoms with Gasteiger partial charge in [0.05, 0.1) is 18.6 Å². The Labute approximate surface area is 217 Å². The molecule has 0 aliphatic carbocycles. The first-order valence-electron chi connectivity index (χ1n) is 12.4. The zero-order chi connectivity index (χ0) is 26.4. The number of likely N-dealkylation sites (tertiary alicyclic amines) is 1. The van der Waals surface area contributed by atoms with E-state index in [0.29, 0.717) is 49.9 Å². The lowest BCUT2D eigenvalue weighted by atomic mass is 9.96. The highest BCUT2D eigenvalue weighted by Gasteiger charge is 2.27. The van der Waals surface area contributed by atoms with E-state index >= 15 is 0 Å². The lowest BCUT2D eigenvalue weighted by Crippen LogP contribution is -2.37. The van der Waals surface area contributed by atoms with Crippen LogP contribution in [0.5, 0.6) is 5.75 Å². The fourth-order valence-corrected chi connectivity index (χ4v) is 5.85.